The Morgan fingerprint density at radius 2 is 1.75 bits per heavy atom. The van der Waals surface area contributed by atoms with Crippen molar-refractivity contribution >= 4 is 11.7 Å². The van der Waals surface area contributed by atoms with Gasteiger partial charge in [-0.3, -0.25) is 0 Å². The van der Waals surface area contributed by atoms with E-state index in [0.717, 1.165) is 19.3 Å². The number of nitrogens with one attached hydrogen (secondary N) is 2. The lowest BCUT2D eigenvalue weighted by molar-refractivity contribution is 0.251. The second-order valence-corrected chi connectivity index (χ2v) is 6.19. The minimum atomic E-state index is -0.423. The molecule has 0 atom stereocenters. The maximum Gasteiger partial charge on any atom is 0.319 e. The van der Waals surface area contributed by atoms with Crippen molar-refractivity contribution in [3.05, 3.63) is 47.8 Å². The fourth-order valence-electron chi connectivity index (χ4n) is 2.64. The predicted octanol–water partition coefficient (Wildman–Crippen LogP) is 4.73. The van der Waals surface area contributed by atoms with Crippen molar-refractivity contribution in [3.63, 3.8) is 0 Å². The van der Waals surface area contributed by atoms with E-state index in [0.29, 0.717) is 35.1 Å². The number of methoxy groups -OCH3 is 2. The Kier molecular flexibility index (Phi) is 8.39. The second-order valence-electron chi connectivity index (χ2n) is 6.19. The summed E-state index contributed by atoms with van der Waals surface area (Å²) < 4.78 is 29.7. The van der Waals surface area contributed by atoms with Crippen molar-refractivity contribution in [1.82, 2.24) is 5.32 Å². The third-order valence-electron chi connectivity index (χ3n) is 4.11. The van der Waals surface area contributed by atoms with Gasteiger partial charge < -0.3 is 24.8 Å². The molecular formula is C21H27FN2O4. The van der Waals surface area contributed by atoms with Gasteiger partial charge in [0.1, 0.15) is 11.6 Å². The van der Waals surface area contributed by atoms with Gasteiger partial charge in [-0.1, -0.05) is 19.8 Å². The highest BCUT2D eigenvalue weighted by molar-refractivity contribution is 5.89. The zero-order valence-electron chi connectivity index (χ0n) is 16.5. The molecular weight excluding hydrogens is 363 g/mol. The number of ether oxygens (including phenoxy) is 3. The lowest BCUT2D eigenvalue weighted by atomic mass is 10.2. The maximum absolute atomic E-state index is 13.4. The SMILES string of the molecule is CCCCCOc1cc(NC(=O)NCc2cc(F)ccc2OC)ccc1OC. The van der Waals surface area contributed by atoms with E-state index in [2.05, 4.69) is 17.6 Å². The van der Waals surface area contributed by atoms with Gasteiger partial charge in [0.05, 0.1) is 20.8 Å². The molecule has 0 heterocycles. The first-order valence-corrected chi connectivity index (χ1v) is 9.25. The molecule has 7 heteroatoms. The van der Waals surface area contributed by atoms with Gasteiger partial charge >= 0.3 is 6.03 Å². The molecule has 2 aromatic rings. The monoisotopic (exact) mass is 390 g/mol. The number of hydrogen-bond donors (Lipinski definition) is 2. The van der Waals surface area contributed by atoms with Gasteiger partial charge in [0, 0.05) is 23.9 Å². The Morgan fingerprint density at radius 3 is 2.46 bits per heavy atom. The van der Waals surface area contributed by atoms with E-state index in [1.54, 1.807) is 25.3 Å². The Balaban J connectivity index is 1.96. The number of urea groups is 1. The van der Waals surface area contributed by atoms with Gasteiger partial charge in [0.25, 0.3) is 0 Å². The van der Waals surface area contributed by atoms with E-state index in [4.69, 9.17) is 14.2 Å². The Hall–Kier alpha value is -2.96. The number of hydrogen-bond acceptors (Lipinski definition) is 4. The van der Waals surface area contributed by atoms with Crippen LogP contribution in [0.25, 0.3) is 0 Å². The zero-order chi connectivity index (χ0) is 20.4. The van der Waals surface area contributed by atoms with E-state index >= 15 is 0 Å². The summed E-state index contributed by atoms with van der Waals surface area (Å²) in [6.45, 7) is 2.84. The minimum absolute atomic E-state index is 0.128. The summed E-state index contributed by atoms with van der Waals surface area (Å²) in [5.74, 6) is 1.29. The Bertz CT molecular complexity index is 783. The van der Waals surface area contributed by atoms with Crippen LogP contribution in [0, 0.1) is 5.82 Å². The van der Waals surface area contributed by atoms with Crippen molar-refractivity contribution in [3.8, 4) is 17.2 Å². The summed E-state index contributed by atoms with van der Waals surface area (Å²) in [6.07, 6.45) is 3.15. The van der Waals surface area contributed by atoms with Crippen LogP contribution in [0.4, 0.5) is 14.9 Å². The number of rotatable bonds is 10. The average Bonchev–Trinajstić information content (AvgIpc) is 2.70. The van der Waals surface area contributed by atoms with E-state index in [1.165, 1.54) is 25.3 Å². The van der Waals surface area contributed by atoms with Gasteiger partial charge in [0.2, 0.25) is 0 Å². The molecule has 0 aliphatic heterocycles. The topological polar surface area (TPSA) is 68.8 Å². The lowest BCUT2D eigenvalue weighted by Gasteiger charge is -2.14. The van der Waals surface area contributed by atoms with Crippen LogP contribution in [0.1, 0.15) is 31.7 Å². The molecule has 0 aliphatic rings. The first-order chi connectivity index (χ1) is 13.6. The van der Waals surface area contributed by atoms with Crippen molar-refractivity contribution in [2.24, 2.45) is 0 Å². The van der Waals surface area contributed by atoms with Crippen LogP contribution in [0.5, 0.6) is 17.2 Å². The molecule has 152 valence electrons. The lowest BCUT2D eigenvalue weighted by Crippen LogP contribution is -2.28. The standard InChI is InChI=1S/C21H27FN2O4/c1-4-5-6-11-28-20-13-17(8-10-19(20)27-3)24-21(25)23-14-15-12-16(22)7-9-18(15)26-2/h7-10,12-13H,4-6,11,14H2,1-3H3,(H2,23,24,25). The van der Waals surface area contributed by atoms with Crippen LogP contribution < -0.4 is 24.8 Å². The smallest absolute Gasteiger partial charge is 0.319 e. The molecule has 0 aliphatic carbocycles. The largest absolute Gasteiger partial charge is 0.496 e. The van der Waals surface area contributed by atoms with Crippen LogP contribution in [-0.4, -0.2) is 26.9 Å². The molecule has 0 bridgehead atoms. The van der Waals surface area contributed by atoms with Crippen LogP contribution in [0.2, 0.25) is 0 Å². The fourth-order valence-corrected chi connectivity index (χ4v) is 2.64. The van der Waals surface area contributed by atoms with Gasteiger partial charge in [-0.25, -0.2) is 9.18 Å². The third kappa shape index (κ3) is 6.33. The molecule has 2 N–H and O–H groups in total. The highest BCUT2D eigenvalue weighted by Crippen LogP contribution is 2.30. The summed E-state index contributed by atoms with van der Waals surface area (Å²) in [4.78, 5) is 12.2. The molecule has 28 heavy (non-hydrogen) atoms. The summed E-state index contributed by atoms with van der Waals surface area (Å²) >= 11 is 0. The quantitative estimate of drug-likeness (QED) is 0.575. The molecule has 2 amide bonds. The number of carbonyl (C=O) groups excluding carboxylic acids is 1. The molecule has 2 aromatic carbocycles. The molecule has 0 saturated carbocycles. The van der Waals surface area contributed by atoms with Crippen LogP contribution in [-0.2, 0) is 6.54 Å². The van der Waals surface area contributed by atoms with Crippen LogP contribution >= 0.6 is 0 Å². The molecule has 0 aromatic heterocycles. The predicted molar refractivity (Wildman–Crippen MR) is 107 cm³/mol. The van der Waals surface area contributed by atoms with Crippen molar-refractivity contribution in [1.29, 1.82) is 0 Å². The molecule has 0 radical (unpaired) electrons. The molecule has 0 saturated heterocycles. The van der Waals surface area contributed by atoms with E-state index in [1.807, 2.05) is 0 Å². The first-order valence-electron chi connectivity index (χ1n) is 9.25. The van der Waals surface area contributed by atoms with Crippen molar-refractivity contribution in [2.45, 2.75) is 32.7 Å². The number of carbonyl (C=O) groups is 1. The molecule has 0 spiro atoms. The maximum atomic E-state index is 13.4. The Labute approximate surface area is 165 Å². The summed E-state index contributed by atoms with van der Waals surface area (Å²) in [6, 6.07) is 8.91. The fraction of sp³-hybridized carbons (Fsp3) is 0.381. The third-order valence-corrected chi connectivity index (χ3v) is 4.11. The minimum Gasteiger partial charge on any atom is -0.496 e. The number of unbranched alkanes of at least 4 members (excludes halogenated alkanes) is 2. The van der Waals surface area contributed by atoms with Crippen molar-refractivity contribution in [2.75, 3.05) is 26.1 Å². The molecule has 2 rings (SSSR count). The number of amides is 2. The Morgan fingerprint density at radius 1 is 1.00 bits per heavy atom. The number of anilines is 1. The summed E-state index contributed by atoms with van der Waals surface area (Å²) in [7, 11) is 3.07. The number of halogens is 1. The van der Waals surface area contributed by atoms with Gasteiger partial charge in [-0.15, -0.1) is 0 Å². The summed E-state index contributed by atoms with van der Waals surface area (Å²) in [5, 5.41) is 5.43. The zero-order valence-corrected chi connectivity index (χ0v) is 16.5. The van der Waals surface area contributed by atoms with Gasteiger partial charge in [-0.2, -0.15) is 0 Å². The van der Waals surface area contributed by atoms with Crippen molar-refractivity contribution < 1.29 is 23.4 Å². The number of benzene rings is 2. The highest BCUT2D eigenvalue weighted by Gasteiger charge is 2.10. The summed E-state index contributed by atoms with van der Waals surface area (Å²) in [5.41, 5.74) is 1.11. The van der Waals surface area contributed by atoms with Crippen LogP contribution in [0.3, 0.4) is 0 Å². The molecule has 6 nitrogen and oxygen atoms in total. The van der Waals surface area contributed by atoms with Crippen LogP contribution in [0.15, 0.2) is 36.4 Å². The van der Waals surface area contributed by atoms with E-state index in [-0.39, 0.29) is 6.54 Å². The van der Waals surface area contributed by atoms with E-state index in [9.17, 15) is 9.18 Å². The van der Waals surface area contributed by atoms with E-state index < -0.39 is 11.8 Å². The molecule has 0 unspecified atom stereocenters. The normalized spacial score (nSPS) is 10.3. The van der Waals surface area contributed by atoms with Gasteiger partial charge in [0.15, 0.2) is 11.5 Å². The van der Waals surface area contributed by atoms with Gasteiger partial charge in [-0.05, 0) is 36.8 Å². The second kappa shape index (κ2) is 11.0. The first kappa shape index (κ1) is 21.3. The highest BCUT2D eigenvalue weighted by atomic mass is 19.1. The molecule has 0 fully saturated rings. The average molecular weight is 390 g/mol.